The minimum Gasteiger partial charge on any atom is -0.455 e. The highest BCUT2D eigenvalue weighted by atomic mass is 16.5. The van der Waals surface area contributed by atoms with Crippen molar-refractivity contribution in [1.82, 2.24) is 4.90 Å². The Morgan fingerprint density at radius 2 is 1.82 bits per heavy atom. The Morgan fingerprint density at radius 3 is 2.55 bits per heavy atom. The number of hydrogen-bond donors (Lipinski definition) is 1. The highest BCUT2D eigenvalue weighted by Crippen LogP contribution is 2.29. The number of carbonyl (C=O) groups excluding carboxylic acids is 1. The van der Waals surface area contributed by atoms with E-state index >= 15 is 0 Å². The number of para-hydroxylation sites is 3. The number of nitrogens with zero attached hydrogens (tertiary/aromatic N) is 1. The van der Waals surface area contributed by atoms with Crippen LogP contribution in [0.15, 0.2) is 54.6 Å². The van der Waals surface area contributed by atoms with Crippen LogP contribution < -0.4 is 10.1 Å². The Labute approximate surface area is 130 Å². The summed E-state index contributed by atoms with van der Waals surface area (Å²) in [5, 5.41) is 3.18. The van der Waals surface area contributed by atoms with Crippen molar-refractivity contribution in [2.75, 3.05) is 18.9 Å². The Hall–Kier alpha value is -2.49. The van der Waals surface area contributed by atoms with Crippen LogP contribution in [-0.2, 0) is 4.79 Å². The van der Waals surface area contributed by atoms with E-state index in [1.807, 2.05) is 66.5 Å². The molecule has 0 heterocycles. The number of likely N-dealkylation sites (N-methyl/N-ethyl adjacent to an activating group) is 1. The number of ether oxygens (including phenoxy) is 1. The lowest BCUT2D eigenvalue weighted by Gasteiger charge is -2.18. The van der Waals surface area contributed by atoms with Gasteiger partial charge in [0.05, 0.1) is 12.2 Å². The maximum Gasteiger partial charge on any atom is 0.241 e. The van der Waals surface area contributed by atoms with Crippen LogP contribution in [0.3, 0.4) is 0 Å². The molecule has 22 heavy (non-hydrogen) atoms. The van der Waals surface area contributed by atoms with E-state index in [0.29, 0.717) is 6.04 Å². The molecule has 1 saturated carbocycles. The SMILES string of the molecule is CN(C(=O)CNc1ccccc1Oc1ccccc1)C1CC1. The van der Waals surface area contributed by atoms with Crippen molar-refractivity contribution in [3.63, 3.8) is 0 Å². The molecule has 4 heteroatoms. The van der Waals surface area contributed by atoms with Crippen LogP contribution in [-0.4, -0.2) is 30.4 Å². The van der Waals surface area contributed by atoms with Gasteiger partial charge >= 0.3 is 0 Å². The molecule has 0 aliphatic heterocycles. The molecule has 0 bridgehead atoms. The molecule has 1 aliphatic rings. The first-order chi connectivity index (χ1) is 10.7. The van der Waals surface area contributed by atoms with Gasteiger partial charge in [0.25, 0.3) is 0 Å². The van der Waals surface area contributed by atoms with Crippen LogP contribution in [0.2, 0.25) is 0 Å². The van der Waals surface area contributed by atoms with Crippen molar-refractivity contribution < 1.29 is 9.53 Å². The van der Waals surface area contributed by atoms with Gasteiger partial charge in [0.1, 0.15) is 5.75 Å². The summed E-state index contributed by atoms with van der Waals surface area (Å²) in [6.07, 6.45) is 2.24. The molecule has 1 amide bonds. The molecule has 2 aromatic rings. The van der Waals surface area contributed by atoms with Gasteiger partial charge in [-0.2, -0.15) is 0 Å². The van der Waals surface area contributed by atoms with Gasteiger partial charge in [0, 0.05) is 13.1 Å². The summed E-state index contributed by atoms with van der Waals surface area (Å²) in [4.78, 5) is 13.9. The average Bonchev–Trinajstić information content (AvgIpc) is 3.39. The van der Waals surface area contributed by atoms with Crippen LogP contribution in [0, 0.1) is 0 Å². The smallest absolute Gasteiger partial charge is 0.241 e. The summed E-state index contributed by atoms with van der Waals surface area (Å²) in [5.41, 5.74) is 0.823. The van der Waals surface area contributed by atoms with E-state index in [1.54, 1.807) is 0 Å². The maximum absolute atomic E-state index is 12.1. The topological polar surface area (TPSA) is 41.6 Å². The first-order valence-corrected chi connectivity index (χ1v) is 7.55. The largest absolute Gasteiger partial charge is 0.455 e. The summed E-state index contributed by atoms with van der Waals surface area (Å²) in [7, 11) is 1.87. The van der Waals surface area contributed by atoms with Gasteiger partial charge in [-0.25, -0.2) is 0 Å². The Kier molecular flexibility index (Phi) is 4.28. The lowest BCUT2D eigenvalue weighted by atomic mass is 10.3. The van der Waals surface area contributed by atoms with E-state index in [-0.39, 0.29) is 12.5 Å². The van der Waals surface area contributed by atoms with Crippen LogP contribution in [0.5, 0.6) is 11.5 Å². The van der Waals surface area contributed by atoms with E-state index in [4.69, 9.17) is 4.74 Å². The molecule has 114 valence electrons. The van der Waals surface area contributed by atoms with Crippen LogP contribution in [0.25, 0.3) is 0 Å². The molecule has 0 atom stereocenters. The van der Waals surface area contributed by atoms with E-state index in [0.717, 1.165) is 30.0 Å². The predicted octanol–water partition coefficient (Wildman–Crippen LogP) is 3.51. The van der Waals surface area contributed by atoms with Gasteiger partial charge in [-0.3, -0.25) is 4.79 Å². The second kappa shape index (κ2) is 6.52. The van der Waals surface area contributed by atoms with Crippen molar-refractivity contribution >= 4 is 11.6 Å². The molecule has 4 nitrogen and oxygen atoms in total. The van der Waals surface area contributed by atoms with Gasteiger partial charge in [-0.05, 0) is 37.1 Å². The predicted molar refractivity (Wildman–Crippen MR) is 87.2 cm³/mol. The summed E-state index contributed by atoms with van der Waals surface area (Å²) in [5.74, 6) is 1.60. The zero-order valence-electron chi connectivity index (χ0n) is 12.7. The van der Waals surface area contributed by atoms with Gasteiger partial charge < -0.3 is 15.0 Å². The van der Waals surface area contributed by atoms with Crippen molar-refractivity contribution in [3.05, 3.63) is 54.6 Å². The second-order valence-corrected chi connectivity index (χ2v) is 5.50. The highest BCUT2D eigenvalue weighted by Gasteiger charge is 2.29. The first-order valence-electron chi connectivity index (χ1n) is 7.55. The van der Waals surface area contributed by atoms with Gasteiger partial charge in [-0.15, -0.1) is 0 Å². The number of nitrogens with one attached hydrogen (secondary N) is 1. The van der Waals surface area contributed by atoms with E-state index in [2.05, 4.69) is 5.32 Å². The van der Waals surface area contributed by atoms with Crippen molar-refractivity contribution in [2.45, 2.75) is 18.9 Å². The van der Waals surface area contributed by atoms with Gasteiger partial charge in [0.15, 0.2) is 5.75 Å². The van der Waals surface area contributed by atoms with E-state index in [1.165, 1.54) is 0 Å². The third-order valence-electron chi connectivity index (χ3n) is 3.78. The van der Waals surface area contributed by atoms with E-state index < -0.39 is 0 Å². The lowest BCUT2D eigenvalue weighted by molar-refractivity contribution is -0.128. The monoisotopic (exact) mass is 296 g/mol. The van der Waals surface area contributed by atoms with Gasteiger partial charge in [-0.1, -0.05) is 30.3 Å². The fourth-order valence-corrected chi connectivity index (χ4v) is 2.28. The average molecular weight is 296 g/mol. The summed E-state index contributed by atoms with van der Waals surface area (Å²) >= 11 is 0. The number of rotatable bonds is 6. The molecule has 2 aromatic carbocycles. The minimum atomic E-state index is 0.108. The fraction of sp³-hybridized carbons (Fsp3) is 0.278. The molecule has 1 fully saturated rings. The molecule has 1 N–H and O–H groups in total. The zero-order chi connectivity index (χ0) is 15.4. The molecule has 0 saturated heterocycles. The van der Waals surface area contributed by atoms with Crippen LogP contribution in [0.1, 0.15) is 12.8 Å². The van der Waals surface area contributed by atoms with Gasteiger partial charge in [0.2, 0.25) is 5.91 Å². The Balaban J connectivity index is 1.64. The number of amides is 1. The van der Waals surface area contributed by atoms with Crippen LogP contribution >= 0.6 is 0 Å². The molecular formula is C18H20N2O2. The summed E-state index contributed by atoms with van der Waals surface area (Å²) < 4.78 is 5.87. The second-order valence-electron chi connectivity index (χ2n) is 5.50. The normalized spacial score (nSPS) is 13.5. The summed E-state index contributed by atoms with van der Waals surface area (Å²) in [6, 6.07) is 17.7. The standard InChI is InChI=1S/C18H20N2O2/c1-20(14-11-12-14)18(21)13-19-16-9-5-6-10-17(16)22-15-7-3-2-4-8-15/h2-10,14,19H,11-13H2,1H3. The zero-order valence-corrected chi connectivity index (χ0v) is 12.7. The number of hydrogen-bond acceptors (Lipinski definition) is 3. The molecule has 0 radical (unpaired) electrons. The minimum absolute atomic E-state index is 0.108. The summed E-state index contributed by atoms with van der Waals surface area (Å²) in [6.45, 7) is 0.280. The molecular weight excluding hydrogens is 276 g/mol. The number of carbonyl (C=O) groups is 1. The number of anilines is 1. The van der Waals surface area contributed by atoms with E-state index in [9.17, 15) is 4.79 Å². The Morgan fingerprint density at radius 1 is 1.14 bits per heavy atom. The third kappa shape index (κ3) is 3.58. The molecule has 3 rings (SSSR count). The fourth-order valence-electron chi connectivity index (χ4n) is 2.28. The van der Waals surface area contributed by atoms with Crippen molar-refractivity contribution in [2.24, 2.45) is 0 Å². The molecule has 0 unspecified atom stereocenters. The van der Waals surface area contributed by atoms with Crippen molar-refractivity contribution in [3.8, 4) is 11.5 Å². The lowest BCUT2D eigenvalue weighted by Crippen LogP contribution is -2.33. The van der Waals surface area contributed by atoms with Crippen LogP contribution in [0.4, 0.5) is 5.69 Å². The Bertz CT molecular complexity index is 639. The molecule has 0 aromatic heterocycles. The maximum atomic E-state index is 12.1. The molecule has 0 spiro atoms. The van der Waals surface area contributed by atoms with Crippen molar-refractivity contribution in [1.29, 1.82) is 0 Å². The number of benzene rings is 2. The quantitative estimate of drug-likeness (QED) is 0.887. The third-order valence-corrected chi connectivity index (χ3v) is 3.78. The highest BCUT2D eigenvalue weighted by molar-refractivity contribution is 5.81. The molecule has 1 aliphatic carbocycles. The first kappa shape index (κ1) is 14.4.